The number of rotatable bonds is 7. The van der Waals surface area contributed by atoms with Gasteiger partial charge >= 0.3 is 5.69 Å². The van der Waals surface area contributed by atoms with Crippen molar-refractivity contribution in [3.8, 4) is 22.4 Å². The molecule has 172 valence electrons. The van der Waals surface area contributed by atoms with Crippen molar-refractivity contribution in [2.75, 3.05) is 5.32 Å². The largest absolute Gasteiger partial charge is 0.364 e. The minimum atomic E-state index is 0.0330. The first-order valence-electron chi connectivity index (χ1n) is 11.8. The predicted octanol–water partition coefficient (Wildman–Crippen LogP) is 5.82. The van der Waals surface area contributed by atoms with Crippen LogP contribution in [0.15, 0.2) is 77.6 Å². The Balaban J connectivity index is 1.67. The van der Waals surface area contributed by atoms with Gasteiger partial charge in [-0.2, -0.15) is 5.10 Å². The number of nitrogens with zero attached hydrogens (tertiary/aromatic N) is 3. The summed E-state index contributed by atoms with van der Waals surface area (Å²) in [5, 5.41) is 11.5. The SMILES string of the molecule is CCn1c(=O)n(CC)c2cc(-c3c(NCc4ccccc4)n[nH]c3-c3cccc(C)c3)ccc21. The van der Waals surface area contributed by atoms with Gasteiger partial charge in [-0.15, -0.1) is 0 Å². The molecule has 2 heterocycles. The molecule has 2 aromatic heterocycles. The molecule has 5 aromatic rings. The van der Waals surface area contributed by atoms with Gasteiger partial charge < -0.3 is 5.32 Å². The van der Waals surface area contributed by atoms with Crippen LogP contribution in [0, 0.1) is 6.92 Å². The fraction of sp³-hybridized carbons (Fsp3) is 0.214. The summed E-state index contributed by atoms with van der Waals surface area (Å²) in [5.74, 6) is 0.792. The van der Waals surface area contributed by atoms with Gasteiger partial charge in [-0.1, -0.05) is 60.2 Å². The number of benzene rings is 3. The number of aryl methyl sites for hydroxylation is 3. The highest BCUT2D eigenvalue weighted by Gasteiger charge is 2.19. The van der Waals surface area contributed by atoms with Gasteiger partial charge in [0.2, 0.25) is 0 Å². The van der Waals surface area contributed by atoms with Gasteiger partial charge in [0, 0.05) is 25.2 Å². The Morgan fingerprint density at radius 1 is 0.853 bits per heavy atom. The number of imidazole rings is 1. The average Bonchev–Trinajstić information content (AvgIpc) is 3.40. The molecule has 0 spiro atoms. The van der Waals surface area contributed by atoms with Crippen molar-refractivity contribution < 1.29 is 0 Å². The molecule has 0 fully saturated rings. The zero-order chi connectivity index (χ0) is 23.7. The van der Waals surface area contributed by atoms with Gasteiger partial charge in [0.25, 0.3) is 0 Å². The maximum atomic E-state index is 12.9. The van der Waals surface area contributed by atoms with Crippen LogP contribution in [0.25, 0.3) is 33.4 Å². The van der Waals surface area contributed by atoms with E-state index in [4.69, 9.17) is 0 Å². The standard InChI is InChI=1S/C28H29N5O/c1-4-32-23-15-14-21(17-24(23)33(5-2)28(32)34)25-26(22-13-9-10-19(3)16-22)30-31-27(25)29-18-20-11-7-6-8-12-20/h6-17H,4-5,18H2,1-3H3,(H2,29,30,31). The lowest BCUT2D eigenvalue weighted by Gasteiger charge is -2.10. The summed E-state index contributed by atoms with van der Waals surface area (Å²) in [6.07, 6.45) is 0. The summed E-state index contributed by atoms with van der Waals surface area (Å²) in [6.45, 7) is 8.04. The van der Waals surface area contributed by atoms with E-state index < -0.39 is 0 Å². The van der Waals surface area contributed by atoms with E-state index >= 15 is 0 Å². The predicted molar refractivity (Wildman–Crippen MR) is 139 cm³/mol. The van der Waals surface area contributed by atoms with Crippen LogP contribution >= 0.6 is 0 Å². The maximum absolute atomic E-state index is 12.9. The zero-order valence-corrected chi connectivity index (χ0v) is 19.8. The van der Waals surface area contributed by atoms with Crippen LogP contribution in [0.1, 0.15) is 25.0 Å². The summed E-state index contributed by atoms with van der Waals surface area (Å²) in [7, 11) is 0. The molecule has 0 saturated carbocycles. The summed E-state index contributed by atoms with van der Waals surface area (Å²) < 4.78 is 3.67. The summed E-state index contributed by atoms with van der Waals surface area (Å²) in [4.78, 5) is 12.9. The number of aromatic amines is 1. The molecule has 0 unspecified atom stereocenters. The van der Waals surface area contributed by atoms with Crippen LogP contribution < -0.4 is 11.0 Å². The Kier molecular flexibility index (Phi) is 5.80. The van der Waals surface area contributed by atoms with E-state index in [1.807, 2.05) is 41.2 Å². The van der Waals surface area contributed by atoms with Crippen molar-refractivity contribution >= 4 is 16.9 Å². The fourth-order valence-corrected chi connectivity index (χ4v) is 4.63. The summed E-state index contributed by atoms with van der Waals surface area (Å²) in [5.41, 5.74) is 8.36. The van der Waals surface area contributed by atoms with Crippen LogP contribution in [-0.4, -0.2) is 19.3 Å². The monoisotopic (exact) mass is 451 g/mol. The molecule has 5 rings (SSSR count). The molecule has 0 aliphatic rings. The Hall–Kier alpha value is -4.06. The van der Waals surface area contributed by atoms with E-state index in [2.05, 4.69) is 77.0 Å². The topological polar surface area (TPSA) is 67.6 Å². The third-order valence-electron chi connectivity index (χ3n) is 6.32. The molecule has 0 atom stereocenters. The van der Waals surface area contributed by atoms with Gasteiger partial charge in [0.05, 0.1) is 22.3 Å². The number of H-pyrrole nitrogens is 1. The number of anilines is 1. The van der Waals surface area contributed by atoms with Crippen LogP contribution in [0.4, 0.5) is 5.82 Å². The van der Waals surface area contributed by atoms with Crippen LogP contribution in [0.2, 0.25) is 0 Å². The molecule has 0 amide bonds. The van der Waals surface area contributed by atoms with Crippen molar-refractivity contribution in [1.29, 1.82) is 0 Å². The highest BCUT2D eigenvalue weighted by atomic mass is 16.1. The molecule has 0 bridgehead atoms. The Labute approximate surface area is 198 Å². The summed E-state index contributed by atoms with van der Waals surface area (Å²) in [6, 6.07) is 25.0. The highest BCUT2D eigenvalue weighted by molar-refractivity contribution is 5.92. The molecule has 0 aliphatic heterocycles. The zero-order valence-electron chi connectivity index (χ0n) is 19.8. The molecular weight excluding hydrogens is 422 g/mol. The Morgan fingerprint density at radius 3 is 2.35 bits per heavy atom. The number of fused-ring (bicyclic) bond motifs is 1. The molecular formula is C28H29N5O. The van der Waals surface area contributed by atoms with Gasteiger partial charge in [-0.3, -0.25) is 14.2 Å². The molecule has 0 radical (unpaired) electrons. The lowest BCUT2D eigenvalue weighted by molar-refractivity contribution is 0.671. The van der Waals surface area contributed by atoms with E-state index in [-0.39, 0.29) is 5.69 Å². The summed E-state index contributed by atoms with van der Waals surface area (Å²) >= 11 is 0. The molecule has 0 saturated heterocycles. The van der Waals surface area contributed by atoms with E-state index in [9.17, 15) is 4.79 Å². The van der Waals surface area contributed by atoms with Crippen molar-refractivity contribution in [2.24, 2.45) is 0 Å². The Bertz CT molecular complexity index is 1510. The average molecular weight is 452 g/mol. The third kappa shape index (κ3) is 3.81. The van der Waals surface area contributed by atoms with Gasteiger partial charge in [0.15, 0.2) is 5.82 Å². The minimum Gasteiger partial charge on any atom is -0.364 e. The number of aromatic nitrogens is 4. The molecule has 6 nitrogen and oxygen atoms in total. The quantitative estimate of drug-likeness (QED) is 0.328. The molecule has 0 aliphatic carbocycles. The third-order valence-corrected chi connectivity index (χ3v) is 6.32. The number of hydrogen-bond acceptors (Lipinski definition) is 3. The number of nitrogens with one attached hydrogen (secondary N) is 2. The van der Waals surface area contributed by atoms with E-state index in [0.717, 1.165) is 39.2 Å². The lowest BCUT2D eigenvalue weighted by Crippen LogP contribution is -2.22. The van der Waals surface area contributed by atoms with Crippen molar-refractivity contribution in [2.45, 2.75) is 40.4 Å². The minimum absolute atomic E-state index is 0.0330. The van der Waals surface area contributed by atoms with Gasteiger partial charge in [0.1, 0.15) is 0 Å². The van der Waals surface area contributed by atoms with Crippen LogP contribution in [-0.2, 0) is 19.6 Å². The van der Waals surface area contributed by atoms with Crippen LogP contribution in [0.3, 0.4) is 0 Å². The first-order chi connectivity index (χ1) is 16.6. The second-order valence-electron chi connectivity index (χ2n) is 8.51. The van der Waals surface area contributed by atoms with Crippen molar-refractivity contribution in [3.05, 3.63) is 94.4 Å². The lowest BCUT2D eigenvalue weighted by atomic mass is 9.99. The molecule has 3 aromatic carbocycles. The first-order valence-corrected chi connectivity index (χ1v) is 11.8. The molecule has 6 heteroatoms. The maximum Gasteiger partial charge on any atom is 0.329 e. The fourth-order valence-electron chi connectivity index (χ4n) is 4.63. The molecule has 2 N–H and O–H groups in total. The smallest absolute Gasteiger partial charge is 0.329 e. The second kappa shape index (κ2) is 9.06. The first kappa shape index (κ1) is 21.8. The van der Waals surface area contributed by atoms with Crippen LogP contribution in [0.5, 0.6) is 0 Å². The number of hydrogen-bond donors (Lipinski definition) is 2. The highest BCUT2D eigenvalue weighted by Crippen LogP contribution is 2.37. The second-order valence-corrected chi connectivity index (χ2v) is 8.51. The normalized spacial score (nSPS) is 11.3. The molecule has 34 heavy (non-hydrogen) atoms. The van der Waals surface area contributed by atoms with Gasteiger partial charge in [-0.05, 0) is 50.1 Å². The van der Waals surface area contributed by atoms with Crippen molar-refractivity contribution in [3.63, 3.8) is 0 Å². The van der Waals surface area contributed by atoms with E-state index in [1.54, 1.807) is 0 Å². The van der Waals surface area contributed by atoms with E-state index in [0.29, 0.717) is 19.6 Å². The Morgan fingerprint density at radius 2 is 1.62 bits per heavy atom. The van der Waals surface area contributed by atoms with E-state index in [1.165, 1.54) is 11.1 Å². The van der Waals surface area contributed by atoms with Crippen molar-refractivity contribution in [1.82, 2.24) is 19.3 Å². The van der Waals surface area contributed by atoms with Gasteiger partial charge in [-0.25, -0.2) is 4.79 Å².